The van der Waals surface area contributed by atoms with Crippen LogP contribution in [0.25, 0.3) is 32.2 Å². The number of fused-ring (bicyclic) bond motifs is 4. The van der Waals surface area contributed by atoms with Gasteiger partial charge in [0, 0.05) is 48.2 Å². The minimum Gasteiger partial charge on any atom is -0.444 e. The number of hydrogen-bond donors (Lipinski definition) is 1. The summed E-state index contributed by atoms with van der Waals surface area (Å²) >= 11 is 0.871. The predicted molar refractivity (Wildman–Crippen MR) is 167 cm³/mol. The molecule has 7 rings (SSSR count). The normalized spacial score (nSPS) is 18.2. The first-order valence-corrected chi connectivity index (χ1v) is 15.9. The third-order valence-electron chi connectivity index (χ3n) is 8.63. The van der Waals surface area contributed by atoms with Crippen LogP contribution in [0.3, 0.4) is 0 Å². The van der Waals surface area contributed by atoms with Gasteiger partial charge in [-0.15, -0.1) is 11.3 Å². The molecule has 234 valence electrons. The van der Waals surface area contributed by atoms with E-state index in [1.165, 1.54) is 12.8 Å². The number of thiophene rings is 1. The second-order valence-corrected chi connectivity index (χ2v) is 14.1. The van der Waals surface area contributed by atoms with Crippen LogP contribution in [0, 0.1) is 28.9 Å². The van der Waals surface area contributed by atoms with Gasteiger partial charge < -0.3 is 19.3 Å². The Balaban J connectivity index is 1.32. The summed E-state index contributed by atoms with van der Waals surface area (Å²) in [6.07, 6.45) is 5.43. The average molecular weight is 634 g/mol. The van der Waals surface area contributed by atoms with Gasteiger partial charge in [-0.1, -0.05) is 0 Å². The Bertz CT molecular complexity index is 1900. The smallest absolute Gasteiger partial charge is 0.412 e. The molecule has 2 aliphatic heterocycles. The van der Waals surface area contributed by atoms with Crippen molar-refractivity contribution in [1.29, 1.82) is 5.26 Å². The highest BCUT2D eigenvalue weighted by Crippen LogP contribution is 2.46. The van der Waals surface area contributed by atoms with Gasteiger partial charge in [-0.05, 0) is 64.1 Å². The number of pyridine rings is 1. The summed E-state index contributed by atoms with van der Waals surface area (Å²) in [5.41, 5.74) is 0.773. The van der Waals surface area contributed by atoms with E-state index in [1.807, 2.05) is 0 Å². The number of nitrogens with zero attached hydrogens (tertiary/aromatic N) is 6. The molecule has 2 fully saturated rings. The van der Waals surface area contributed by atoms with Crippen LogP contribution in [-0.2, 0) is 22.7 Å². The fourth-order valence-corrected chi connectivity index (χ4v) is 7.33. The number of rotatable bonds is 6. The van der Waals surface area contributed by atoms with E-state index >= 15 is 8.78 Å². The van der Waals surface area contributed by atoms with Crippen molar-refractivity contribution < 1.29 is 23.0 Å². The van der Waals surface area contributed by atoms with Gasteiger partial charge in [-0.3, -0.25) is 10.3 Å². The Hall–Kier alpha value is -3.99. The van der Waals surface area contributed by atoms with Gasteiger partial charge in [-0.25, -0.2) is 23.5 Å². The highest BCUT2D eigenvalue weighted by molar-refractivity contribution is 7.23. The van der Waals surface area contributed by atoms with Crippen molar-refractivity contribution in [3.8, 4) is 17.3 Å². The van der Waals surface area contributed by atoms with Gasteiger partial charge in [0.2, 0.25) is 5.95 Å². The minimum atomic E-state index is -0.793. The first kappa shape index (κ1) is 29.7. The molecule has 1 atom stereocenters. The third kappa shape index (κ3) is 5.45. The lowest BCUT2D eigenvalue weighted by atomic mass is 9.94. The van der Waals surface area contributed by atoms with E-state index in [-0.39, 0.29) is 50.6 Å². The molecule has 4 aromatic rings. The number of benzene rings is 1. The second-order valence-electron chi connectivity index (χ2n) is 13.0. The van der Waals surface area contributed by atoms with Crippen LogP contribution in [-0.4, -0.2) is 64.3 Å². The van der Waals surface area contributed by atoms with Crippen molar-refractivity contribution in [3.05, 3.63) is 40.7 Å². The number of carbonyl (C=O) groups is 1. The molecule has 0 radical (unpaired) electrons. The van der Waals surface area contributed by atoms with Crippen molar-refractivity contribution in [1.82, 2.24) is 19.9 Å². The fraction of sp³-hybridized carbons (Fsp3) is 0.469. The van der Waals surface area contributed by atoms with Crippen LogP contribution in [0.2, 0.25) is 0 Å². The van der Waals surface area contributed by atoms with Crippen molar-refractivity contribution >= 4 is 49.4 Å². The molecule has 3 aromatic heterocycles. The number of halogens is 2. The zero-order valence-corrected chi connectivity index (χ0v) is 26.4. The topological polar surface area (TPSA) is 116 Å². The predicted octanol–water partition coefficient (Wildman–Crippen LogP) is 6.35. The van der Waals surface area contributed by atoms with E-state index in [0.29, 0.717) is 22.9 Å². The highest BCUT2D eigenvalue weighted by Gasteiger charge is 2.33. The Morgan fingerprint density at radius 1 is 1.22 bits per heavy atom. The second kappa shape index (κ2) is 11.1. The Morgan fingerprint density at radius 3 is 2.73 bits per heavy atom. The molecule has 3 aliphatic rings. The highest BCUT2D eigenvalue weighted by atomic mass is 32.1. The summed E-state index contributed by atoms with van der Waals surface area (Å²) in [4.78, 5) is 30.8. The van der Waals surface area contributed by atoms with Gasteiger partial charge in [0.15, 0.2) is 11.6 Å². The van der Waals surface area contributed by atoms with Crippen molar-refractivity contribution in [2.24, 2.45) is 5.92 Å². The lowest BCUT2D eigenvalue weighted by molar-refractivity contribution is 0.0636. The van der Waals surface area contributed by atoms with Crippen molar-refractivity contribution in [3.63, 3.8) is 0 Å². The quantitative estimate of drug-likeness (QED) is 0.259. The molecule has 0 unspecified atom stereocenters. The molecule has 5 heterocycles. The zero-order chi connectivity index (χ0) is 31.6. The molecular weight excluding hydrogens is 600 g/mol. The van der Waals surface area contributed by atoms with Gasteiger partial charge in [-0.2, -0.15) is 5.26 Å². The maximum atomic E-state index is 16.8. The molecular formula is C32H33F2N7O3S. The van der Waals surface area contributed by atoms with Gasteiger partial charge in [0.05, 0.1) is 35.4 Å². The van der Waals surface area contributed by atoms with Gasteiger partial charge in [0.25, 0.3) is 0 Å². The van der Waals surface area contributed by atoms with Crippen molar-refractivity contribution in [2.75, 3.05) is 36.9 Å². The minimum absolute atomic E-state index is 0.0307. The summed E-state index contributed by atoms with van der Waals surface area (Å²) < 4.78 is 43.2. The molecule has 1 amide bonds. The summed E-state index contributed by atoms with van der Waals surface area (Å²) in [6, 6.07) is 2.44. The van der Waals surface area contributed by atoms with Crippen LogP contribution < -0.4 is 10.2 Å². The van der Waals surface area contributed by atoms with Crippen LogP contribution >= 0.6 is 11.3 Å². The molecule has 13 heteroatoms. The molecule has 1 saturated carbocycles. The van der Waals surface area contributed by atoms with E-state index in [9.17, 15) is 10.1 Å². The number of hydrogen-bond acceptors (Lipinski definition) is 10. The Labute approximate surface area is 263 Å². The van der Waals surface area contributed by atoms with Crippen molar-refractivity contribution in [2.45, 2.75) is 64.9 Å². The van der Waals surface area contributed by atoms with E-state index in [2.05, 4.69) is 38.2 Å². The number of carbonyl (C=O) groups excluding carboxylic acids is 1. The van der Waals surface area contributed by atoms with E-state index in [0.717, 1.165) is 55.1 Å². The first-order valence-electron chi connectivity index (χ1n) is 15.1. The number of likely N-dealkylation sites (N-methyl/N-ethyl adjacent to an activating group) is 1. The average Bonchev–Trinajstić information content (AvgIpc) is 3.36. The fourth-order valence-electron chi connectivity index (χ4n) is 6.29. The van der Waals surface area contributed by atoms with E-state index < -0.39 is 23.3 Å². The summed E-state index contributed by atoms with van der Waals surface area (Å²) in [5.74, 6) is -0.0980. The largest absolute Gasteiger partial charge is 0.444 e. The maximum absolute atomic E-state index is 16.8. The molecule has 1 N–H and O–H groups in total. The number of nitriles is 1. The lowest BCUT2D eigenvalue weighted by Crippen LogP contribution is -2.36. The maximum Gasteiger partial charge on any atom is 0.412 e. The monoisotopic (exact) mass is 633 g/mol. The van der Waals surface area contributed by atoms with Crippen LogP contribution in [0.1, 0.15) is 56.7 Å². The molecule has 10 nitrogen and oxygen atoms in total. The summed E-state index contributed by atoms with van der Waals surface area (Å²) in [7, 11) is 2.16. The molecule has 1 aromatic carbocycles. The first-order chi connectivity index (χ1) is 21.5. The molecule has 1 aliphatic carbocycles. The summed E-state index contributed by atoms with van der Waals surface area (Å²) in [5, 5.41) is 13.5. The lowest BCUT2D eigenvalue weighted by Gasteiger charge is -2.24. The third-order valence-corrected chi connectivity index (χ3v) is 9.75. The molecule has 1 saturated heterocycles. The van der Waals surface area contributed by atoms with Crippen LogP contribution in [0.4, 0.5) is 24.5 Å². The van der Waals surface area contributed by atoms with Gasteiger partial charge in [0.1, 0.15) is 22.2 Å². The van der Waals surface area contributed by atoms with Crippen LogP contribution in [0.5, 0.6) is 0 Å². The number of nitrogens with one attached hydrogen (secondary N) is 1. The van der Waals surface area contributed by atoms with Crippen LogP contribution in [0.15, 0.2) is 12.4 Å². The van der Waals surface area contributed by atoms with E-state index in [1.54, 1.807) is 27.0 Å². The number of aromatic nitrogens is 3. The molecule has 0 spiro atoms. The zero-order valence-electron chi connectivity index (χ0n) is 25.5. The standard InChI is InChI=1S/C32H33F2N7O3S/c1-32(2,3)44-31(42)39-29-18(9-35)24-27(36-11-22(33)28(24)45-29)23-21-15-43-14-20(21)19-10-37-30(38-26(19)25(23)34)41-8-7-17(13-41)40(4)12-16-5-6-16/h10-11,16-17H,5-8,12-15H2,1-4H3,(H,39,42)/t17-/m0/s1. The SMILES string of the molecule is CN(CC1CC1)[C@H]1CCN(c2ncc3c4c(c(-c5ncc(F)c6sc(NC(=O)OC(C)(C)C)c(C#N)c56)c(F)c3n2)COC4)C1. The summed E-state index contributed by atoms with van der Waals surface area (Å²) in [6.45, 7) is 8.07. The number of anilines is 2. The Morgan fingerprint density at radius 2 is 2.00 bits per heavy atom. The number of ether oxygens (including phenoxy) is 2. The molecule has 45 heavy (non-hydrogen) atoms. The van der Waals surface area contributed by atoms with E-state index in [4.69, 9.17) is 14.5 Å². The Kier molecular flexibility index (Phi) is 7.34. The molecule has 0 bridgehead atoms. The number of amides is 1. The van der Waals surface area contributed by atoms with Gasteiger partial charge >= 0.3 is 6.09 Å².